The van der Waals surface area contributed by atoms with Gasteiger partial charge in [-0.2, -0.15) is 0 Å². The van der Waals surface area contributed by atoms with Crippen molar-refractivity contribution in [2.75, 3.05) is 6.54 Å². The first-order chi connectivity index (χ1) is 9.11. The molecule has 19 heavy (non-hydrogen) atoms. The molecule has 1 unspecified atom stereocenters. The summed E-state index contributed by atoms with van der Waals surface area (Å²) in [6, 6.07) is 6.32. The third kappa shape index (κ3) is 3.61. The molecule has 0 spiro atoms. The maximum Gasteiger partial charge on any atom is 0.162 e. The normalized spacial score (nSPS) is 12.6. The first-order valence-electron chi connectivity index (χ1n) is 6.02. The van der Waals surface area contributed by atoms with Gasteiger partial charge in [-0.05, 0) is 46.6 Å². The third-order valence-electron chi connectivity index (χ3n) is 2.84. The Morgan fingerprint density at radius 1 is 1.37 bits per heavy atom. The molecule has 0 radical (unpaired) electrons. The molecule has 1 nitrogen and oxygen atoms in total. The van der Waals surface area contributed by atoms with Gasteiger partial charge in [0.05, 0.1) is 0 Å². The average molecular weight is 346 g/mol. The van der Waals surface area contributed by atoms with Crippen molar-refractivity contribution in [1.29, 1.82) is 0 Å². The number of thiophene rings is 1. The molecule has 0 amide bonds. The van der Waals surface area contributed by atoms with Crippen molar-refractivity contribution in [1.82, 2.24) is 5.32 Å². The van der Waals surface area contributed by atoms with Crippen LogP contribution in [-0.4, -0.2) is 6.54 Å². The molecule has 1 atom stereocenters. The number of hydrogen-bond acceptors (Lipinski definition) is 2. The molecule has 0 aliphatic rings. The van der Waals surface area contributed by atoms with E-state index in [1.165, 1.54) is 0 Å². The van der Waals surface area contributed by atoms with Gasteiger partial charge in [0.2, 0.25) is 0 Å². The molecule has 102 valence electrons. The Balaban J connectivity index is 2.23. The van der Waals surface area contributed by atoms with Crippen molar-refractivity contribution in [2.24, 2.45) is 0 Å². The maximum atomic E-state index is 13.7. The van der Waals surface area contributed by atoms with E-state index in [9.17, 15) is 8.78 Å². The van der Waals surface area contributed by atoms with E-state index in [0.717, 1.165) is 22.0 Å². The lowest BCUT2D eigenvalue weighted by Crippen LogP contribution is -2.22. The summed E-state index contributed by atoms with van der Waals surface area (Å²) in [7, 11) is 0. The van der Waals surface area contributed by atoms with E-state index in [1.54, 1.807) is 23.5 Å². The van der Waals surface area contributed by atoms with Gasteiger partial charge in [-0.15, -0.1) is 11.3 Å². The minimum Gasteiger partial charge on any atom is -0.309 e. The van der Waals surface area contributed by atoms with Gasteiger partial charge in [-0.25, -0.2) is 8.78 Å². The fraction of sp³-hybridized carbons (Fsp3) is 0.286. The summed E-state index contributed by atoms with van der Waals surface area (Å²) in [5.74, 6) is -1.54. The molecular formula is C14H14BrF2NS. The number of benzene rings is 1. The summed E-state index contributed by atoms with van der Waals surface area (Å²) >= 11 is 5.01. The lowest BCUT2D eigenvalue weighted by Gasteiger charge is -2.17. The second-order valence-electron chi connectivity index (χ2n) is 4.19. The van der Waals surface area contributed by atoms with Crippen LogP contribution in [0.15, 0.2) is 34.1 Å². The fourth-order valence-electron chi connectivity index (χ4n) is 1.96. The predicted molar refractivity (Wildman–Crippen MR) is 78.5 cm³/mol. The number of rotatable bonds is 5. The zero-order chi connectivity index (χ0) is 13.8. The molecule has 1 aromatic heterocycles. The van der Waals surface area contributed by atoms with E-state index >= 15 is 0 Å². The van der Waals surface area contributed by atoms with Crippen molar-refractivity contribution >= 4 is 27.3 Å². The summed E-state index contributed by atoms with van der Waals surface area (Å²) in [5.41, 5.74) is 0.399. The Labute approximate surface area is 123 Å². The lowest BCUT2D eigenvalue weighted by molar-refractivity contribution is 0.483. The second kappa shape index (κ2) is 6.59. The van der Waals surface area contributed by atoms with Gasteiger partial charge in [0, 0.05) is 20.8 Å². The second-order valence-corrected chi connectivity index (χ2v) is 6.05. The molecule has 1 aromatic carbocycles. The van der Waals surface area contributed by atoms with Crippen LogP contribution in [0, 0.1) is 11.6 Å². The van der Waals surface area contributed by atoms with Crippen LogP contribution in [0.25, 0.3) is 0 Å². The van der Waals surface area contributed by atoms with Gasteiger partial charge >= 0.3 is 0 Å². The Morgan fingerprint density at radius 3 is 2.79 bits per heavy atom. The highest BCUT2D eigenvalue weighted by molar-refractivity contribution is 9.10. The molecule has 0 bridgehead atoms. The molecule has 2 aromatic rings. The summed E-state index contributed by atoms with van der Waals surface area (Å²) < 4.78 is 27.9. The highest BCUT2D eigenvalue weighted by Gasteiger charge is 2.17. The first-order valence-corrected chi connectivity index (χ1v) is 7.69. The van der Waals surface area contributed by atoms with E-state index in [4.69, 9.17) is 0 Å². The highest BCUT2D eigenvalue weighted by atomic mass is 79.9. The SMILES string of the molecule is CCNC(Cc1cccc(F)c1F)c1cc(Br)cs1. The Bertz CT molecular complexity index is 556. The summed E-state index contributed by atoms with van der Waals surface area (Å²) in [6.45, 7) is 2.77. The summed E-state index contributed by atoms with van der Waals surface area (Å²) in [5, 5.41) is 5.30. The van der Waals surface area contributed by atoms with Crippen LogP contribution in [-0.2, 0) is 6.42 Å². The van der Waals surface area contributed by atoms with Crippen molar-refractivity contribution in [3.8, 4) is 0 Å². The minimum absolute atomic E-state index is 0.00222. The van der Waals surface area contributed by atoms with E-state index < -0.39 is 11.6 Å². The third-order valence-corrected chi connectivity index (χ3v) is 4.64. The molecule has 0 aliphatic carbocycles. The lowest BCUT2D eigenvalue weighted by atomic mass is 10.0. The van der Waals surface area contributed by atoms with Crippen LogP contribution in [0.1, 0.15) is 23.4 Å². The van der Waals surface area contributed by atoms with E-state index in [0.29, 0.717) is 12.0 Å². The van der Waals surface area contributed by atoms with Crippen molar-refractivity contribution in [3.63, 3.8) is 0 Å². The van der Waals surface area contributed by atoms with E-state index in [2.05, 4.69) is 21.2 Å². The Kier molecular flexibility index (Phi) is 5.07. The fourth-order valence-corrected chi connectivity index (χ4v) is 3.48. The largest absolute Gasteiger partial charge is 0.309 e. The molecule has 0 saturated heterocycles. The zero-order valence-electron chi connectivity index (χ0n) is 10.4. The standard InChI is InChI=1S/C14H14BrF2NS/c1-2-18-12(13-7-10(15)8-19-13)6-9-4-3-5-11(16)14(9)17/h3-5,7-8,12,18H,2,6H2,1H3. The van der Waals surface area contributed by atoms with Crippen LogP contribution >= 0.6 is 27.3 Å². The maximum absolute atomic E-state index is 13.7. The number of halogens is 3. The zero-order valence-corrected chi connectivity index (χ0v) is 12.8. The van der Waals surface area contributed by atoms with E-state index in [1.807, 2.05) is 18.4 Å². The Hall–Kier alpha value is -0.780. The van der Waals surface area contributed by atoms with Gasteiger partial charge in [-0.3, -0.25) is 0 Å². The molecule has 0 aliphatic heterocycles. The minimum atomic E-state index is -0.792. The first kappa shape index (κ1) is 14.6. The highest BCUT2D eigenvalue weighted by Crippen LogP contribution is 2.28. The van der Waals surface area contributed by atoms with Gasteiger partial charge in [0.15, 0.2) is 11.6 Å². The van der Waals surface area contributed by atoms with Gasteiger partial charge in [0.1, 0.15) is 0 Å². The molecule has 2 rings (SSSR count). The van der Waals surface area contributed by atoms with Crippen LogP contribution in [0.5, 0.6) is 0 Å². The smallest absolute Gasteiger partial charge is 0.162 e. The van der Waals surface area contributed by atoms with Gasteiger partial charge < -0.3 is 5.32 Å². The molecule has 0 saturated carbocycles. The summed E-state index contributed by atoms with van der Waals surface area (Å²) in [4.78, 5) is 1.11. The molecule has 1 N–H and O–H groups in total. The van der Waals surface area contributed by atoms with Gasteiger partial charge in [-0.1, -0.05) is 19.1 Å². The van der Waals surface area contributed by atoms with Crippen molar-refractivity contribution < 1.29 is 8.78 Å². The van der Waals surface area contributed by atoms with Gasteiger partial charge in [0.25, 0.3) is 0 Å². The van der Waals surface area contributed by atoms with Crippen LogP contribution < -0.4 is 5.32 Å². The molecule has 0 fully saturated rings. The topological polar surface area (TPSA) is 12.0 Å². The quantitative estimate of drug-likeness (QED) is 0.829. The molecule has 5 heteroatoms. The van der Waals surface area contributed by atoms with Crippen LogP contribution in [0.2, 0.25) is 0 Å². The Morgan fingerprint density at radius 2 is 2.16 bits per heavy atom. The van der Waals surface area contributed by atoms with Crippen molar-refractivity contribution in [3.05, 3.63) is 56.2 Å². The number of hydrogen-bond donors (Lipinski definition) is 1. The monoisotopic (exact) mass is 345 g/mol. The molecular weight excluding hydrogens is 332 g/mol. The van der Waals surface area contributed by atoms with Crippen molar-refractivity contribution in [2.45, 2.75) is 19.4 Å². The summed E-state index contributed by atoms with van der Waals surface area (Å²) in [6.07, 6.45) is 0.435. The van der Waals surface area contributed by atoms with Crippen LogP contribution in [0.4, 0.5) is 8.78 Å². The average Bonchev–Trinajstić information content (AvgIpc) is 2.81. The molecule has 1 heterocycles. The van der Waals surface area contributed by atoms with E-state index in [-0.39, 0.29) is 6.04 Å². The predicted octanol–water partition coefficient (Wildman–Crippen LogP) is 4.68. The van der Waals surface area contributed by atoms with Crippen LogP contribution in [0.3, 0.4) is 0 Å². The number of likely N-dealkylation sites (N-methyl/N-ethyl adjacent to an activating group) is 1. The number of nitrogens with one attached hydrogen (secondary N) is 1.